The van der Waals surface area contributed by atoms with Crippen molar-refractivity contribution in [3.05, 3.63) is 36.4 Å². The van der Waals surface area contributed by atoms with Crippen molar-refractivity contribution in [2.24, 2.45) is 0 Å². The van der Waals surface area contributed by atoms with Gasteiger partial charge >= 0.3 is 6.09 Å². The fraction of sp³-hybridized carbons (Fsp3) is 0.200. The summed E-state index contributed by atoms with van der Waals surface area (Å²) in [4.78, 5) is 23.6. The Balaban J connectivity index is 2.06. The molecule has 0 fully saturated rings. The van der Waals surface area contributed by atoms with Crippen molar-refractivity contribution in [3.63, 3.8) is 0 Å². The van der Waals surface area contributed by atoms with E-state index in [1.54, 1.807) is 19.1 Å². The maximum atomic E-state index is 11.6. The number of nitrogens with one attached hydrogen (secondary N) is 1. The first-order chi connectivity index (χ1) is 10.1. The number of aromatic hydroxyl groups is 1. The molecule has 0 radical (unpaired) electrons. The van der Waals surface area contributed by atoms with Crippen LogP contribution in [0.3, 0.4) is 0 Å². The lowest BCUT2D eigenvalue weighted by molar-refractivity contribution is -0.117. The quantitative estimate of drug-likeness (QED) is 0.849. The molecule has 0 saturated carbocycles. The number of ether oxygens (including phenoxy) is 1. The van der Waals surface area contributed by atoms with Crippen molar-refractivity contribution in [1.82, 2.24) is 5.32 Å². The van der Waals surface area contributed by atoms with E-state index in [0.717, 1.165) is 15.7 Å². The maximum absolute atomic E-state index is 11.6. The van der Waals surface area contributed by atoms with Gasteiger partial charge in [0, 0.05) is 10.3 Å². The van der Waals surface area contributed by atoms with E-state index < -0.39 is 12.0 Å². The molecule has 5 nitrogen and oxygen atoms in total. The van der Waals surface area contributed by atoms with Gasteiger partial charge in [0.1, 0.15) is 5.75 Å². The highest BCUT2D eigenvalue weighted by molar-refractivity contribution is 8.00. The highest BCUT2D eigenvalue weighted by Gasteiger charge is 2.11. The predicted molar refractivity (Wildman–Crippen MR) is 81.5 cm³/mol. The topological polar surface area (TPSA) is 75.6 Å². The van der Waals surface area contributed by atoms with E-state index in [2.05, 4.69) is 10.1 Å². The summed E-state index contributed by atoms with van der Waals surface area (Å²) in [6.45, 7) is 1.89. The van der Waals surface area contributed by atoms with Gasteiger partial charge in [-0.3, -0.25) is 10.1 Å². The number of imide groups is 1. The first kappa shape index (κ1) is 15.2. The van der Waals surface area contributed by atoms with Crippen LogP contribution in [-0.4, -0.2) is 29.5 Å². The number of amides is 2. The first-order valence-corrected chi connectivity index (χ1v) is 7.40. The lowest BCUT2D eigenvalue weighted by Crippen LogP contribution is -2.32. The van der Waals surface area contributed by atoms with Gasteiger partial charge < -0.3 is 9.84 Å². The molecule has 2 amide bonds. The van der Waals surface area contributed by atoms with E-state index in [4.69, 9.17) is 0 Å². The SMILES string of the molecule is CCOC(=O)NC(=O)CSc1ccc(O)c2ccccc12. The van der Waals surface area contributed by atoms with E-state index in [9.17, 15) is 14.7 Å². The number of phenolic OH excluding ortho intramolecular Hbond substituents is 1. The van der Waals surface area contributed by atoms with Crippen molar-refractivity contribution >= 4 is 34.5 Å². The Hall–Kier alpha value is -2.21. The molecular weight excluding hydrogens is 290 g/mol. The number of fused-ring (bicyclic) bond motifs is 1. The molecule has 2 aromatic carbocycles. The Morgan fingerprint density at radius 1 is 1.19 bits per heavy atom. The lowest BCUT2D eigenvalue weighted by atomic mass is 10.1. The summed E-state index contributed by atoms with van der Waals surface area (Å²) < 4.78 is 4.64. The highest BCUT2D eigenvalue weighted by Crippen LogP contribution is 2.33. The van der Waals surface area contributed by atoms with Crippen molar-refractivity contribution in [3.8, 4) is 5.75 Å². The third kappa shape index (κ3) is 3.88. The molecule has 0 atom stereocenters. The Kier molecular flexibility index (Phi) is 5.05. The normalized spacial score (nSPS) is 10.3. The van der Waals surface area contributed by atoms with Crippen molar-refractivity contribution < 1.29 is 19.4 Å². The molecule has 0 spiro atoms. The van der Waals surface area contributed by atoms with Crippen LogP contribution in [0.1, 0.15) is 6.92 Å². The summed E-state index contributed by atoms with van der Waals surface area (Å²) in [7, 11) is 0. The average Bonchev–Trinajstić information content (AvgIpc) is 2.47. The van der Waals surface area contributed by atoms with E-state index in [0.29, 0.717) is 0 Å². The fourth-order valence-electron chi connectivity index (χ4n) is 1.84. The summed E-state index contributed by atoms with van der Waals surface area (Å²) in [5.74, 6) is -0.130. The van der Waals surface area contributed by atoms with Crippen LogP contribution in [0.15, 0.2) is 41.3 Å². The average molecular weight is 305 g/mol. The van der Waals surface area contributed by atoms with E-state index in [1.807, 2.05) is 24.3 Å². The molecule has 6 heteroatoms. The van der Waals surface area contributed by atoms with Crippen LogP contribution >= 0.6 is 11.8 Å². The number of hydrogen-bond acceptors (Lipinski definition) is 5. The van der Waals surface area contributed by atoms with Gasteiger partial charge in [0.05, 0.1) is 12.4 Å². The minimum absolute atomic E-state index is 0.0909. The smallest absolute Gasteiger partial charge is 0.413 e. The van der Waals surface area contributed by atoms with Gasteiger partial charge in [0.15, 0.2) is 0 Å². The minimum Gasteiger partial charge on any atom is -0.507 e. The summed E-state index contributed by atoms with van der Waals surface area (Å²) in [5, 5.41) is 13.5. The number of phenols is 1. The molecule has 110 valence electrons. The highest BCUT2D eigenvalue weighted by atomic mass is 32.2. The van der Waals surface area contributed by atoms with Gasteiger partial charge in [-0.2, -0.15) is 0 Å². The zero-order chi connectivity index (χ0) is 15.2. The molecule has 2 rings (SSSR count). The van der Waals surface area contributed by atoms with Crippen molar-refractivity contribution in [2.75, 3.05) is 12.4 Å². The van der Waals surface area contributed by atoms with Crippen LogP contribution in [0.25, 0.3) is 10.8 Å². The second kappa shape index (κ2) is 6.99. The number of carbonyl (C=O) groups excluding carboxylic acids is 2. The van der Waals surface area contributed by atoms with Crippen LogP contribution in [0.2, 0.25) is 0 Å². The van der Waals surface area contributed by atoms with Crippen LogP contribution in [-0.2, 0) is 9.53 Å². The largest absolute Gasteiger partial charge is 0.507 e. The molecule has 0 aromatic heterocycles. The zero-order valence-corrected chi connectivity index (χ0v) is 12.3. The zero-order valence-electron chi connectivity index (χ0n) is 11.5. The second-order valence-electron chi connectivity index (χ2n) is 4.19. The number of hydrogen-bond donors (Lipinski definition) is 2. The molecule has 2 aromatic rings. The summed E-state index contributed by atoms with van der Waals surface area (Å²) in [6, 6.07) is 10.7. The van der Waals surface area contributed by atoms with E-state index in [1.165, 1.54) is 11.8 Å². The van der Waals surface area contributed by atoms with Crippen LogP contribution in [0.5, 0.6) is 5.75 Å². The molecular formula is C15H15NO4S. The van der Waals surface area contributed by atoms with Gasteiger partial charge in [0.25, 0.3) is 0 Å². The number of alkyl carbamates (subject to hydrolysis) is 1. The first-order valence-electron chi connectivity index (χ1n) is 6.42. The standard InChI is InChI=1S/C15H15NO4S/c1-2-20-15(19)16-14(18)9-21-13-8-7-12(17)10-5-3-4-6-11(10)13/h3-8,17H,2,9H2,1H3,(H,16,18,19). The van der Waals surface area contributed by atoms with Crippen molar-refractivity contribution in [1.29, 1.82) is 0 Å². The third-order valence-electron chi connectivity index (χ3n) is 2.74. The molecule has 0 bridgehead atoms. The molecule has 0 aliphatic heterocycles. The number of rotatable bonds is 4. The molecule has 0 saturated heterocycles. The number of thioether (sulfide) groups is 1. The summed E-state index contributed by atoms with van der Waals surface area (Å²) in [6.07, 6.45) is -0.737. The van der Waals surface area contributed by atoms with Gasteiger partial charge in [-0.1, -0.05) is 24.3 Å². The Morgan fingerprint density at radius 2 is 1.90 bits per heavy atom. The molecule has 2 N–H and O–H groups in total. The van der Waals surface area contributed by atoms with Gasteiger partial charge in [-0.25, -0.2) is 4.79 Å². The van der Waals surface area contributed by atoms with E-state index >= 15 is 0 Å². The van der Waals surface area contributed by atoms with Gasteiger partial charge in [0.2, 0.25) is 5.91 Å². The molecule has 0 aliphatic rings. The third-order valence-corrected chi connectivity index (χ3v) is 3.81. The molecule has 21 heavy (non-hydrogen) atoms. The Labute approximate surface area is 126 Å². The summed E-state index contributed by atoms with van der Waals surface area (Å²) >= 11 is 1.30. The monoisotopic (exact) mass is 305 g/mol. The fourth-order valence-corrected chi connectivity index (χ4v) is 2.70. The van der Waals surface area contributed by atoms with Crippen LogP contribution in [0, 0.1) is 0 Å². The maximum Gasteiger partial charge on any atom is 0.413 e. The molecule has 0 heterocycles. The second-order valence-corrected chi connectivity index (χ2v) is 5.20. The van der Waals surface area contributed by atoms with Crippen molar-refractivity contribution in [2.45, 2.75) is 11.8 Å². The van der Waals surface area contributed by atoms with Crippen LogP contribution < -0.4 is 5.32 Å². The minimum atomic E-state index is -0.737. The van der Waals surface area contributed by atoms with Gasteiger partial charge in [-0.15, -0.1) is 11.8 Å². The van der Waals surface area contributed by atoms with Crippen LogP contribution in [0.4, 0.5) is 4.79 Å². The number of carbonyl (C=O) groups is 2. The predicted octanol–water partition coefficient (Wildman–Crippen LogP) is 2.91. The Bertz CT molecular complexity index is 672. The van der Waals surface area contributed by atoms with E-state index in [-0.39, 0.29) is 18.1 Å². The number of benzene rings is 2. The van der Waals surface area contributed by atoms with Gasteiger partial charge in [-0.05, 0) is 24.4 Å². The molecule has 0 unspecified atom stereocenters. The summed E-state index contributed by atoms with van der Waals surface area (Å²) in [5.41, 5.74) is 0. The molecule has 0 aliphatic carbocycles. The Morgan fingerprint density at radius 3 is 2.62 bits per heavy atom. The lowest BCUT2D eigenvalue weighted by Gasteiger charge is -2.08.